The Bertz CT molecular complexity index is 716. The molecule has 2 amide bonds. The van der Waals surface area contributed by atoms with Crippen molar-refractivity contribution in [2.24, 2.45) is 5.41 Å². The predicted molar refractivity (Wildman–Crippen MR) is 92.0 cm³/mol. The molecule has 1 heterocycles. The highest BCUT2D eigenvalue weighted by atomic mass is 16.2. The molecule has 1 aromatic heterocycles. The maximum absolute atomic E-state index is 12.3. The van der Waals surface area contributed by atoms with Gasteiger partial charge in [-0.3, -0.25) is 9.59 Å². The van der Waals surface area contributed by atoms with Crippen molar-refractivity contribution in [3.63, 3.8) is 0 Å². The smallest absolute Gasteiger partial charge is 0.235 e. The van der Waals surface area contributed by atoms with Gasteiger partial charge < -0.3 is 15.6 Å². The summed E-state index contributed by atoms with van der Waals surface area (Å²) in [6.45, 7) is 7.62. The number of amides is 2. The summed E-state index contributed by atoms with van der Waals surface area (Å²) in [6, 6.07) is 8.04. The number of carbonyl (C=O) groups is 2. The van der Waals surface area contributed by atoms with Gasteiger partial charge in [-0.25, -0.2) is 0 Å². The Balaban J connectivity index is 1.91. The summed E-state index contributed by atoms with van der Waals surface area (Å²) in [5, 5.41) is 6.66. The van der Waals surface area contributed by atoms with Crippen molar-refractivity contribution >= 4 is 22.7 Å². The SMILES string of the molecule is C=CCNC(=O)C(C)(C)C(=O)NCCc1c[nH]c2ccccc12. The molecule has 3 N–H and O–H groups in total. The summed E-state index contributed by atoms with van der Waals surface area (Å²) < 4.78 is 0. The Morgan fingerprint density at radius 1 is 1.22 bits per heavy atom. The monoisotopic (exact) mass is 313 g/mol. The second kappa shape index (κ2) is 7.13. The van der Waals surface area contributed by atoms with Gasteiger partial charge in [0.25, 0.3) is 0 Å². The molecule has 0 spiro atoms. The molecule has 0 unspecified atom stereocenters. The van der Waals surface area contributed by atoms with Crippen molar-refractivity contribution in [1.82, 2.24) is 15.6 Å². The van der Waals surface area contributed by atoms with Gasteiger partial charge in [0.1, 0.15) is 5.41 Å². The first-order chi connectivity index (χ1) is 11.0. The number of nitrogens with one attached hydrogen (secondary N) is 3. The standard InChI is InChI=1S/C18H23N3O2/c1-4-10-19-16(22)18(2,3)17(23)20-11-9-13-12-21-15-8-6-5-7-14(13)15/h4-8,12,21H,1,9-11H2,2-3H3,(H,19,22)(H,20,23). The van der Waals surface area contributed by atoms with Crippen LogP contribution in [0.2, 0.25) is 0 Å². The van der Waals surface area contributed by atoms with Crippen LogP contribution in [0.1, 0.15) is 19.4 Å². The Labute approximate surface area is 136 Å². The van der Waals surface area contributed by atoms with Crippen LogP contribution in [-0.2, 0) is 16.0 Å². The van der Waals surface area contributed by atoms with E-state index in [4.69, 9.17) is 0 Å². The number of aromatic amines is 1. The molecule has 2 aromatic rings. The van der Waals surface area contributed by atoms with Crippen LogP contribution in [0.5, 0.6) is 0 Å². The molecule has 0 bridgehead atoms. The molecule has 5 heteroatoms. The summed E-state index contributed by atoms with van der Waals surface area (Å²) in [7, 11) is 0. The molecular weight excluding hydrogens is 290 g/mol. The predicted octanol–water partition coefficient (Wildman–Crippen LogP) is 2.16. The zero-order valence-corrected chi connectivity index (χ0v) is 13.6. The topological polar surface area (TPSA) is 74.0 Å². The number of rotatable bonds is 7. The van der Waals surface area contributed by atoms with E-state index in [-0.39, 0.29) is 11.8 Å². The summed E-state index contributed by atoms with van der Waals surface area (Å²) in [6.07, 6.45) is 4.25. The molecule has 1 aromatic carbocycles. The van der Waals surface area contributed by atoms with E-state index in [1.165, 1.54) is 0 Å². The minimum absolute atomic E-state index is 0.279. The maximum Gasteiger partial charge on any atom is 0.235 e. The van der Waals surface area contributed by atoms with Crippen molar-refractivity contribution in [3.05, 3.63) is 48.7 Å². The van der Waals surface area contributed by atoms with Gasteiger partial charge in [-0.2, -0.15) is 0 Å². The molecule has 0 saturated carbocycles. The third-order valence-corrected chi connectivity index (χ3v) is 3.90. The fourth-order valence-electron chi connectivity index (χ4n) is 2.36. The van der Waals surface area contributed by atoms with E-state index in [0.29, 0.717) is 19.5 Å². The quantitative estimate of drug-likeness (QED) is 0.541. The van der Waals surface area contributed by atoms with Gasteiger partial charge in [-0.1, -0.05) is 24.3 Å². The zero-order valence-electron chi connectivity index (χ0n) is 13.6. The highest BCUT2D eigenvalue weighted by molar-refractivity contribution is 6.04. The highest BCUT2D eigenvalue weighted by Gasteiger charge is 2.35. The van der Waals surface area contributed by atoms with Crippen LogP contribution in [0.15, 0.2) is 43.1 Å². The molecule has 0 fully saturated rings. The Kier molecular flexibility index (Phi) is 5.21. The van der Waals surface area contributed by atoms with Crippen LogP contribution in [0, 0.1) is 5.41 Å². The van der Waals surface area contributed by atoms with Gasteiger partial charge in [0.05, 0.1) is 0 Å². The molecule has 5 nitrogen and oxygen atoms in total. The highest BCUT2D eigenvalue weighted by Crippen LogP contribution is 2.18. The van der Waals surface area contributed by atoms with E-state index in [9.17, 15) is 9.59 Å². The largest absolute Gasteiger partial charge is 0.361 e. The van der Waals surface area contributed by atoms with E-state index in [1.54, 1.807) is 19.9 Å². The van der Waals surface area contributed by atoms with Crippen LogP contribution >= 0.6 is 0 Å². The number of hydrogen-bond acceptors (Lipinski definition) is 2. The summed E-state index contributed by atoms with van der Waals surface area (Å²) in [5.74, 6) is -0.583. The van der Waals surface area contributed by atoms with E-state index in [1.807, 2.05) is 24.4 Å². The van der Waals surface area contributed by atoms with Gasteiger partial charge in [0.2, 0.25) is 11.8 Å². The molecule has 0 radical (unpaired) electrons. The van der Waals surface area contributed by atoms with Gasteiger partial charge in [0.15, 0.2) is 0 Å². The second-order valence-corrected chi connectivity index (χ2v) is 5.99. The van der Waals surface area contributed by atoms with E-state index in [2.05, 4.69) is 28.3 Å². The molecule has 0 atom stereocenters. The molecule has 0 aliphatic carbocycles. The minimum Gasteiger partial charge on any atom is -0.361 e. The number of carbonyl (C=O) groups excluding carboxylic acids is 2. The van der Waals surface area contributed by atoms with Crippen LogP contribution < -0.4 is 10.6 Å². The van der Waals surface area contributed by atoms with Crippen molar-refractivity contribution < 1.29 is 9.59 Å². The fourth-order valence-corrected chi connectivity index (χ4v) is 2.36. The molecule has 0 aliphatic rings. The van der Waals surface area contributed by atoms with Crippen LogP contribution in [0.4, 0.5) is 0 Å². The summed E-state index contributed by atoms with van der Waals surface area (Å²) in [4.78, 5) is 27.5. The van der Waals surface area contributed by atoms with Crippen LogP contribution in [0.3, 0.4) is 0 Å². The molecule has 122 valence electrons. The normalized spacial score (nSPS) is 11.2. The van der Waals surface area contributed by atoms with Crippen molar-refractivity contribution in [1.29, 1.82) is 0 Å². The summed E-state index contributed by atoms with van der Waals surface area (Å²) in [5.41, 5.74) is 1.12. The number of aromatic nitrogens is 1. The lowest BCUT2D eigenvalue weighted by atomic mass is 9.91. The van der Waals surface area contributed by atoms with Crippen LogP contribution in [-0.4, -0.2) is 29.9 Å². The number of hydrogen-bond donors (Lipinski definition) is 3. The third-order valence-electron chi connectivity index (χ3n) is 3.90. The fraction of sp³-hybridized carbons (Fsp3) is 0.333. The van der Waals surface area contributed by atoms with E-state index in [0.717, 1.165) is 16.5 Å². The van der Waals surface area contributed by atoms with E-state index < -0.39 is 5.41 Å². The average molecular weight is 313 g/mol. The Hall–Kier alpha value is -2.56. The maximum atomic E-state index is 12.3. The number of benzene rings is 1. The Morgan fingerprint density at radius 3 is 2.65 bits per heavy atom. The number of H-pyrrole nitrogens is 1. The van der Waals surface area contributed by atoms with Crippen molar-refractivity contribution in [2.75, 3.05) is 13.1 Å². The molecule has 23 heavy (non-hydrogen) atoms. The minimum atomic E-state index is -1.11. The lowest BCUT2D eigenvalue weighted by Gasteiger charge is -2.22. The third kappa shape index (κ3) is 3.80. The molecule has 0 saturated heterocycles. The zero-order chi connectivity index (χ0) is 16.9. The summed E-state index contributed by atoms with van der Waals surface area (Å²) >= 11 is 0. The molecular formula is C18H23N3O2. The van der Waals surface area contributed by atoms with Crippen molar-refractivity contribution in [2.45, 2.75) is 20.3 Å². The molecule has 0 aliphatic heterocycles. The lowest BCUT2D eigenvalue weighted by molar-refractivity contribution is -0.141. The lowest BCUT2D eigenvalue weighted by Crippen LogP contribution is -2.48. The number of fused-ring (bicyclic) bond motifs is 1. The first-order valence-corrected chi connectivity index (χ1v) is 7.69. The van der Waals surface area contributed by atoms with Gasteiger partial charge >= 0.3 is 0 Å². The second-order valence-electron chi connectivity index (χ2n) is 5.99. The first kappa shape index (κ1) is 16.8. The van der Waals surface area contributed by atoms with Gasteiger partial charge in [0, 0.05) is 30.2 Å². The van der Waals surface area contributed by atoms with Crippen molar-refractivity contribution in [3.8, 4) is 0 Å². The van der Waals surface area contributed by atoms with E-state index >= 15 is 0 Å². The number of para-hydroxylation sites is 1. The van der Waals surface area contributed by atoms with Gasteiger partial charge in [-0.15, -0.1) is 6.58 Å². The first-order valence-electron chi connectivity index (χ1n) is 7.69. The van der Waals surface area contributed by atoms with Gasteiger partial charge in [-0.05, 0) is 31.9 Å². The Morgan fingerprint density at radius 2 is 1.91 bits per heavy atom. The van der Waals surface area contributed by atoms with Crippen LogP contribution in [0.25, 0.3) is 10.9 Å². The average Bonchev–Trinajstić information content (AvgIpc) is 2.95. The molecule has 2 rings (SSSR count).